The molecule has 0 saturated carbocycles. The van der Waals surface area contributed by atoms with Crippen LogP contribution in [0.1, 0.15) is 29.3 Å². The maximum atomic E-state index is 6.05. The van der Waals surface area contributed by atoms with Crippen LogP contribution in [0.3, 0.4) is 0 Å². The van der Waals surface area contributed by atoms with E-state index in [0.717, 1.165) is 31.0 Å². The monoisotopic (exact) mass is 364 g/mol. The highest BCUT2D eigenvalue weighted by Gasteiger charge is 2.20. The fraction of sp³-hybridized carbons (Fsp3) is 0.304. The predicted octanol–water partition coefficient (Wildman–Crippen LogP) is 5.65. The average molecular weight is 365 g/mol. The highest BCUT2D eigenvalue weighted by Crippen LogP contribution is 2.31. The number of hydrogen-bond acceptors (Lipinski definition) is 1. The predicted molar refractivity (Wildman–Crippen MR) is 113 cm³/mol. The molecule has 3 aromatic rings. The van der Waals surface area contributed by atoms with Crippen molar-refractivity contribution in [1.29, 1.82) is 0 Å². The molecule has 0 aliphatic carbocycles. The molecule has 0 saturated heterocycles. The van der Waals surface area contributed by atoms with Gasteiger partial charge in [-0.05, 0) is 68.3 Å². The van der Waals surface area contributed by atoms with E-state index < -0.39 is 0 Å². The molecule has 0 spiro atoms. The Balaban J connectivity index is 1.89. The van der Waals surface area contributed by atoms with Gasteiger partial charge in [0.2, 0.25) is 0 Å². The van der Waals surface area contributed by atoms with E-state index in [2.05, 4.69) is 66.9 Å². The number of hydrogen-bond donors (Lipinski definition) is 0. The highest BCUT2D eigenvalue weighted by molar-refractivity contribution is 6.30. The minimum Gasteiger partial charge on any atom is -0.320 e. The number of aromatic nitrogens is 1. The molecule has 134 valence electrons. The Morgan fingerprint density at radius 1 is 1.04 bits per heavy atom. The number of allylic oxidation sites excluding steroid dienone is 1. The van der Waals surface area contributed by atoms with Crippen LogP contribution < -0.4 is 0 Å². The molecule has 0 N–H and O–H groups in total. The molecule has 1 aromatic heterocycles. The van der Waals surface area contributed by atoms with E-state index in [1.807, 2.05) is 12.1 Å². The molecule has 2 nitrogen and oxygen atoms in total. The zero-order valence-electron chi connectivity index (χ0n) is 15.7. The second kappa shape index (κ2) is 6.94. The number of halogens is 1. The lowest BCUT2D eigenvalue weighted by molar-refractivity contribution is 0.351. The Morgan fingerprint density at radius 2 is 1.77 bits per heavy atom. The molecule has 0 amide bonds. The molecule has 4 rings (SSSR count). The molecule has 2 heterocycles. The lowest BCUT2D eigenvalue weighted by Gasteiger charge is -2.13. The molecule has 3 heteroatoms. The van der Waals surface area contributed by atoms with Crippen molar-refractivity contribution >= 4 is 34.3 Å². The van der Waals surface area contributed by atoms with Gasteiger partial charge in [0.1, 0.15) is 0 Å². The summed E-state index contributed by atoms with van der Waals surface area (Å²) >= 11 is 6.05. The summed E-state index contributed by atoms with van der Waals surface area (Å²) < 4.78 is 2.42. The Hall–Kier alpha value is -2.03. The maximum absolute atomic E-state index is 6.05. The van der Waals surface area contributed by atoms with E-state index in [9.17, 15) is 0 Å². The molecule has 2 aromatic carbocycles. The second-order valence-electron chi connectivity index (χ2n) is 7.44. The van der Waals surface area contributed by atoms with E-state index in [1.54, 1.807) is 0 Å². The van der Waals surface area contributed by atoms with Gasteiger partial charge >= 0.3 is 0 Å². The van der Waals surface area contributed by atoms with Gasteiger partial charge in [-0.1, -0.05) is 35.4 Å². The van der Waals surface area contributed by atoms with Crippen LogP contribution in [0.5, 0.6) is 0 Å². The summed E-state index contributed by atoms with van der Waals surface area (Å²) in [6.07, 6.45) is 4.50. The Kier molecular flexibility index (Phi) is 4.64. The van der Waals surface area contributed by atoms with E-state index in [-0.39, 0.29) is 0 Å². The van der Waals surface area contributed by atoms with Crippen LogP contribution in [0.15, 0.2) is 42.5 Å². The van der Waals surface area contributed by atoms with E-state index >= 15 is 0 Å². The van der Waals surface area contributed by atoms with Crippen LogP contribution in [0.4, 0.5) is 0 Å². The topological polar surface area (TPSA) is 8.17 Å². The van der Waals surface area contributed by atoms with Gasteiger partial charge in [-0.3, -0.25) is 0 Å². The average Bonchev–Trinajstić information content (AvgIpc) is 2.76. The molecule has 0 fully saturated rings. The number of benzene rings is 2. The van der Waals surface area contributed by atoms with Gasteiger partial charge in [0, 0.05) is 41.8 Å². The molecule has 1 aliphatic heterocycles. The van der Waals surface area contributed by atoms with Gasteiger partial charge in [0.05, 0.1) is 5.52 Å². The normalized spacial score (nSPS) is 15.9. The second-order valence-corrected chi connectivity index (χ2v) is 7.87. The van der Waals surface area contributed by atoms with Crippen LogP contribution >= 0.6 is 11.6 Å². The first-order valence-electron chi connectivity index (χ1n) is 9.28. The first kappa shape index (κ1) is 17.4. The van der Waals surface area contributed by atoms with Crippen LogP contribution in [-0.4, -0.2) is 29.6 Å². The molecule has 0 bridgehead atoms. The standard InChI is InChI=1S/C23H25ClN2/c1-16-4-9-22-21(14-16)20-10-12-25(3)13-11-23(20)26(22)15-17(2)18-5-7-19(24)8-6-18/h4-9,14-15H,10-13H2,1-3H3. The summed E-state index contributed by atoms with van der Waals surface area (Å²) in [6.45, 7) is 6.59. The molecular formula is C23H25ClN2. The molecule has 1 aliphatic rings. The SMILES string of the molecule is CC(=Cn1c2c(c3cc(C)ccc31)CCN(C)CC2)c1ccc(Cl)cc1. The lowest BCUT2D eigenvalue weighted by Crippen LogP contribution is -2.21. The van der Waals surface area contributed by atoms with Crippen LogP contribution in [-0.2, 0) is 12.8 Å². The summed E-state index contributed by atoms with van der Waals surface area (Å²) in [6, 6.07) is 14.9. The quantitative estimate of drug-likeness (QED) is 0.570. The van der Waals surface area contributed by atoms with Crippen LogP contribution in [0.2, 0.25) is 5.02 Å². The third-order valence-corrected chi connectivity index (χ3v) is 5.72. The smallest absolute Gasteiger partial charge is 0.0528 e. The fourth-order valence-electron chi connectivity index (χ4n) is 3.94. The Morgan fingerprint density at radius 3 is 2.54 bits per heavy atom. The van der Waals surface area contributed by atoms with Crippen molar-refractivity contribution in [1.82, 2.24) is 9.47 Å². The van der Waals surface area contributed by atoms with Crippen LogP contribution in [0.25, 0.3) is 22.7 Å². The van der Waals surface area contributed by atoms with Gasteiger partial charge in [-0.25, -0.2) is 0 Å². The van der Waals surface area contributed by atoms with Crippen molar-refractivity contribution in [3.63, 3.8) is 0 Å². The third kappa shape index (κ3) is 3.20. The third-order valence-electron chi connectivity index (χ3n) is 5.47. The molecule has 0 radical (unpaired) electrons. The summed E-state index contributed by atoms with van der Waals surface area (Å²) in [7, 11) is 2.22. The van der Waals surface area contributed by atoms with Crippen molar-refractivity contribution in [2.45, 2.75) is 26.7 Å². The number of nitrogens with zero attached hydrogens (tertiary/aromatic N) is 2. The van der Waals surface area contributed by atoms with Gasteiger partial charge in [-0.15, -0.1) is 0 Å². The van der Waals surface area contributed by atoms with Gasteiger partial charge < -0.3 is 9.47 Å². The number of fused-ring (bicyclic) bond motifs is 3. The maximum Gasteiger partial charge on any atom is 0.0528 e. The minimum atomic E-state index is 0.778. The Labute approximate surface area is 160 Å². The van der Waals surface area contributed by atoms with Crippen LogP contribution in [0, 0.1) is 6.92 Å². The molecular weight excluding hydrogens is 340 g/mol. The van der Waals surface area contributed by atoms with Gasteiger partial charge in [0.25, 0.3) is 0 Å². The van der Waals surface area contributed by atoms with Crippen molar-refractivity contribution < 1.29 is 0 Å². The van der Waals surface area contributed by atoms with Gasteiger partial charge in [-0.2, -0.15) is 0 Å². The largest absolute Gasteiger partial charge is 0.320 e. The number of aryl methyl sites for hydroxylation is 1. The van der Waals surface area contributed by atoms with Crippen molar-refractivity contribution in [3.8, 4) is 0 Å². The minimum absolute atomic E-state index is 0.778. The number of likely N-dealkylation sites (N-methyl/N-ethyl adjacent to an activating group) is 1. The Bertz CT molecular complexity index is 980. The summed E-state index contributed by atoms with van der Waals surface area (Å²) in [4.78, 5) is 2.43. The zero-order chi connectivity index (χ0) is 18.3. The van der Waals surface area contributed by atoms with E-state index in [4.69, 9.17) is 11.6 Å². The molecule has 0 atom stereocenters. The van der Waals surface area contributed by atoms with E-state index in [1.165, 1.54) is 38.9 Å². The van der Waals surface area contributed by atoms with Crippen molar-refractivity contribution in [2.24, 2.45) is 0 Å². The number of rotatable bonds is 2. The lowest BCUT2D eigenvalue weighted by atomic mass is 10.1. The molecule has 0 unspecified atom stereocenters. The summed E-state index contributed by atoms with van der Waals surface area (Å²) in [5.74, 6) is 0. The highest BCUT2D eigenvalue weighted by atomic mass is 35.5. The van der Waals surface area contributed by atoms with Crippen molar-refractivity contribution in [3.05, 3.63) is 69.9 Å². The summed E-state index contributed by atoms with van der Waals surface area (Å²) in [5, 5.41) is 2.19. The van der Waals surface area contributed by atoms with E-state index in [0.29, 0.717) is 0 Å². The first-order valence-corrected chi connectivity index (χ1v) is 9.66. The fourth-order valence-corrected chi connectivity index (χ4v) is 4.06. The van der Waals surface area contributed by atoms with Crippen molar-refractivity contribution in [2.75, 3.05) is 20.1 Å². The first-order chi connectivity index (χ1) is 12.5. The van der Waals surface area contributed by atoms with Gasteiger partial charge in [0.15, 0.2) is 0 Å². The molecule has 26 heavy (non-hydrogen) atoms. The summed E-state index contributed by atoms with van der Waals surface area (Å²) in [5.41, 5.74) is 8.09. The zero-order valence-corrected chi connectivity index (χ0v) is 16.5.